The van der Waals surface area contributed by atoms with Crippen LogP contribution >= 0.6 is 0 Å². The topological polar surface area (TPSA) is 109 Å². The Morgan fingerprint density at radius 3 is 2.37 bits per heavy atom. The van der Waals surface area contributed by atoms with Gasteiger partial charge in [0.2, 0.25) is 11.8 Å². The Morgan fingerprint density at radius 1 is 1.32 bits per heavy atom. The molecule has 7 heteroatoms. The Morgan fingerprint density at radius 2 is 1.89 bits per heavy atom. The Kier molecular flexibility index (Phi) is 3.25. The highest BCUT2D eigenvalue weighted by molar-refractivity contribution is 5.90. The molecular formula is C12H22N6O. The van der Waals surface area contributed by atoms with E-state index in [1.807, 2.05) is 0 Å². The average molecular weight is 266 g/mol. The summed E-state index contributed by atoms with van der Waals surface area (Å²) in [5.74, 6) is -0.0227. The van der Waals surface area contributed by atoms with E-state index in [9.17, 15) is 4.79 Å². The Bertz CT molecular complexity index is 462. The monoisotopic (exact) mass is 266 g/mol. The smallest absolute Gasteiger partial charge is 0.288 e. The van der Waals surface area contributed by atoms with Crippen LogP contribution in [0.1, 0.15) is 51.2 Å². The standard InChI is InChI=1S/C12H22N6O/c1-11(2)5-7(6-12(3,4)18-11)14-9(19)8-15-10(13)17-16-8/h7,18H,5-6H2,1-4H3,(H,14,19)(H3,13,15,16,17). The van der Waals surface area contributed by atoms with Gasteiger partial charge in [0.05, 0.1) is 0 Å². The van der Waals surface area contributed by atoms with Gasteiger partial charge in [-0.15, -0.1) is 5.10 Å². The van der Waals surface area contributed by atoms with E-state index in [2.05, 4.69) is 53.5 Å². The number of aromatic nitrogens is 3. The van der Waals surface area contributed by atoms with E-state index in [1.54, 1.807) is 0 Å². The average Bonchev–Trinajstić information content (AvgIpc) is 2.59. The molecule has 0 radical (unpaired) electrons. The number of carbonyl (C=O) groups excluding carboxylic acids is 1. The van der Waals surface area contributed by atoms with E-state index in [-0.39, 0.29) is 34.8 Å². The fourth-order valence-corrected chi connectivity index (χ4v) is 3.05. The lowest BCUT2D eigenvalue weighted by atomic mass is 9.79. The van der Waals surface area contributed by atoms with Crippen LogP contribution in [-0.4, -0.2) is 38.2 Å². The predicted molar refractivity (Wildman–Crippen MR) is 72.6 cm³/mol. The zero-order valence-corrected chi connectivity index (χ0v) is 11.9. The molecule has 1 fully saturated rings. The Labute approximate surface area is 112 Å². The SMILES string of the molecule is CC1(C)CC(NC(=O)c2nc(N)n[nH]2)CC(C)(C)N1. The summed E-state index contributed by atoms with van der Waals surface area (Å²) in [5, 5.41) is 12.7. The molecule has 0 aliphatic carbocycles. The number of nitrogen functional groups attached to an aromatic ring is 1. The number of anilines is 1. The van der Waals surface area contributed by atoms with Crippen molar-refractivity contribution in [1.29, 1.82) is 0 Å². The number of piperidine rings is 1. The maximum Gasteiger partial charge on any atom is 0.288 e. The third-order valence-electron chi connectivity index (χ3n) is 3.24. The summed E-state index contributed by atoms with van der Waals surface area (Å²) in [4.78, 5) is 15.9. The second kappa shape index (κ2) is 4.48. The summed E-state index contributed by atoms with van der Waals surface area (Å²) >= 11 is 0. The number of rotatable bonds is 2. The normalized spacial score (nSPS) is 22.1. The highest BCUT2D eigenvalue weighted by atomic mass is 16.2. The molecule has 0 saturated carbocycles. The number of hydrogen-bond acceptors (Lipinski definition) is 5. The summed E-state index contributed by atoms with van der Waals surface area (Å²) in [6.07, 6.45) is 1.73. The first kappa shape index (κ1) is 13.8. The summed E-state index contributed by atoms with van der Waals surface area (Å²) in [6.45, 7) is 8.55. The summed E-state index contributed by atoms with van der Waals surface area (Å²) in [7, 11) is 0. The number of nitrogens with zero attached hydrogens (tertiary/aromatic N) is 2. The van der Waals surface area contributed by atoms with Crippen molar-refractivity contribution < 1.29 is 4.79 Å². The molecule has 1 aliphatic rings. The molecule has 0 atom stereocenters. The Balaban J connectivity index is 2.04. The molecule has 7 nitrogen and oxygen atoms in total. The van der Waals surface area contributed by atoms with Crippen molar-refractivity contribution in [2.75, 3.05) is 5.73 Å². The van der Waals surface area contributed by atoms with Crippen molar-refractivity contribution in [1.82, 2.24) is 25.8 Å². The van der Waals surface area contributed by atoms with Crippen molar-refractivity contribution in [3.05, 3.63) is 5.82 Å². The lowest BCUT2D eigenvalue weighted by Gasteiger charge is -2.46. The lowest BCUT2D eigenvalue weighted by Crippen LogP contribution is -2.62. The van der Waals surface area contributed by atoms with E-state index < -0.39 is 0 Å². The van der Waals surface area contributed by atoms with Gasteiger partial charge in [-0.1, -0.05) is 0 Å². The van der Waals surface area contributed by atoms with Crippen molar-refractivity contribution in [2.24, 2.45) is 0 Å². The lowest BCUT2D eigenvalue weighted by molar-refractivity contribution is 0.0863. The van der Waals surface area contributed by atoms with Gasteiger partial charge in [0.15, 0.2) is 0 Å². The fourth-order valence-electron chi connectivity index (χ4n) is 3.05. The fraction of sp³-hybridized carbons (Fsp3) is 0.750. The van der Waals surface area contributed by atoms with E-state index in [0.29, 0.717) is 0 Å². The Hall–Kier alpha value is -1.63. The number of nitrogens with two attached hydrogens (primary N) is 1. The zero-order valence-electron chi connectivity index (χ0n) is 11.9. The maximum absolute atomic E-state index is 12.0. The minimum atomic E-state index is -0.261. The first-order valence-electron chi connectivity index (χ1n) is 6.45. The van der Waals surface area contributed by atoms with Crippen LogP contribution in [0.3, 0.4) is 0 Å². The molecule has 2 heterocycles. The van der Waals surface area contributed by atoms with Crippen LogP contribution in [0.2, 0.25) is 0 Å². The second-order valence-electron chi connectivity index (χ2n) is 6.51. The van der Waals surface area contributed by atoms with E-state index in [4.69, 9.17) is 5.73 Å². The third kappa shape index (κ3) is 3.44. The molecule has 1 amide bonds. The second-order valence-corrected chi connectivity index (χ2v) is 6.51. The van der Waals surface area contributed by atoms with Crippen LogP contribution in [0, 0.1) is 0 Å². The van der Waals surface area contributed by atoms with Crippen LogP contribution in [0.5, 0.6) is 0 Å². The number of carbonyl (C=O) groups is 1. The third-order valence-corrected chi connectivity index (χ3v) is 3.24. The van der Waals surface area contributed by atoms with Crippen LogP contribution in [-0.2, 0) is 0 Å². The van der Waals surface area contributed by atoms with Crippen LogP contribution in [0.4, 0.5) is 5.95 Å². The first-order chi connectivity index (χ1) is 8.67. The molecule has 2 rings (SSSR count). The minimum Gasteiger partial charge on any atom is -0.366 e. The van der Waals surface area contributed by atoms with Crippen LogP contribution in [0.15, 0.2) is 0 Å². The molecule has 1 aromatic rings. The highest BCUT2D eigenvalue weighted by Gasteiger charge is 2.38. The molecule has 0 bridgehead atoms. The van der Waals surface area contributed by atoms with E-state index >= 15 is 0 Å². The molecule has 1 aromatic heterocycles. The minimum absolute atomic E-state index is 0.0138. The molecule has 19 heavy (non-hydrogen) atoms. The van der Waals surface area contributed by atoms with Gasteiger partial charge >= 0.3 is 0 Å². The summed E-state index contributed by atoms with van der Waals surface area (Å²) < 4.78 is 0. The van der Waals surface area contributed by atoms with Crippen molar-refractivity contribution in [3.8, 4) is 0 Å². The van der Waals surface area contributed by atoms with Gasteiger partial charge in [0.25, 0.3) is 5.91 Å². The van der Waals surface area contributed by atoms with Crippen LogP contribution in [0.25, 0.3) is 0 Å². The van der Waals surface area contributed by atoms with Gasteiger partial charge in [-0.25, -0.2) is 0 Å². The van der Waals surface area contributed by atoms with Crippen LogP contribution < -0.4 is 16.4 Å². The van der Waals surface area contributed by atoms with Gasteiger partial charge < -0.3 is 16.4 Å². The van der Waals surface area contributed by atoms with Gasteiger partial charge in [-0.3, -0.25) is 9.89 Å². The molecule has 0 unspecified atom stereocenters. The summed E-state index contributed by atoms with van der Waals surface area (Å²) in [5.41, 5.74) is 5.36. The molecular weight excluding hydrogens is 244 g/mol. The maximum atomic E-state index is 12.0. The number of amides is 1. The van der Waals surface area contributed by atoms with Crippen molar-refractivity contribution in [3.63, 3.8) is 0 Å². The highest BCUT2D eigenvalue weighted by Crippen LogP contribution is 2.28. The quantitative estimate of drug-likeness (QED) is 0.620. The predicted octanol–water partition coefficient (Wildman–Crippen LogP) is 0.426. The first-order valence-corrected chi connectivity index (χ1v) is 6.45. The summed E-state index contributed by atoms with van der Waals surface area (Å²) in [6, 6.07) is 0.102. The molecule has 1 aliphatic heterocycles. The molecule has 0 aromatic carbocycles. The largest absolute Gasteiger partial charge is 0.366 e. The number of aromatic amines is 1. The number of H-pyrrole nitrogens is 1. The van der Waals surface area contributed by atoms with Gasteiger partial charge in [-0.05, 0) is 40.5 Å². The van der Waals surface area contributed by atoms with Crippen molar-refractivity contribution in [2.45, 2.75) is 57.7 Å². The molecule has 1 saturated heterocycles. The van der Waals surface area contributed by atoms with E-state index in [1.165, 1.54) is 0 Å². The number of nitrogens with one attached hydrogen (secondary N) is 3. The molecule has 106 valence electrons. The zero-order chi connectivity index (χ0) is 14.3. The van der Waals surface area contributed by atoms with E-state index in [0.717, 1.165) is 12.8 Å². The molecule has 0 spiro atoms. The molecule has 5 N–H and O–H groups in total. The van der Waals surface area contributed by atoms with Gasteiger partial charge in [0.1, 0.15) is 0 Å². The van der Waals surface area contributed by atoms with Gasteiger partial charge in [0, 0.05) is 17.1 Å². The van der Waals surface area contributed by atoms with Gasteiger partial charge in [-0.2, -0.15) is 4.98 Å². The number of hydrogen-bond donors (Lipinski definition) is 4. The van der Waals surface area contributed by atoms with Crippen molar-refractivity contribution >= 4 is 11.9 Å².